The zero-order valence-electron chi connectivity index (χ0n) is 3.91. The third kappa shape index (κ3) is 65.8. The predicted octanol–water partition coefficient (Wildman–Crippen LogP) is 2.05. The third-order valence-corrected chi connectivity index (χ3v) is 0. The molecular weight excluding hydrogens is 312 g/mol. The van der Waals surface area contributed by atoms with Gasteiger partial charge in [0.15, 0.2) is 0 Å². The fourth-order valence-electron chi connectivity index (χ4n) is 0. The number of rotatable bonds is 0. The molecule has 0 bridgehead atoms. The van der Waals surface area contributed by atoms with Crippen LogP contribution in [0.3, 0.4) is 0 Å². The Morgan fingerprint density at radius 2 is 1.50 bits per heavy atom. The Balaban J connectivity index is -0.0000000275. The second kappa shape index (κ2) is 35.0. The summed E-state index contributed by atoms with van der Waals surface area (Å²) in [6.07, 6.45) is 0. The summed E-state index contributed by atoms with van der Waals surface area (Å²) in [5, 5.41) is 0.812. The normalized spacial score (nSPS) is 4.00. The van der Waals surface area contributed by atoms with Crippen molar-refractivity contribution >= 4 is 15.9 Å². The van der Waals surface area contributed by atoms with Gasteiger partial charge in [0.2, 0.25) is 0 Å². The van der Waals surface area contributed by atoms with Gasteiger partial charge in [-0.25, -0.2) is 0 Å². The van der Waals surface area contributed by atoms with E-state index in [1.165, 1.54) is 0 Å². The van der Waals surface area contributed by atoms with Crippen molar-refractivity contribution in [3.63, 3.8) is 0 Å². The topological polar surface area (TPSA) is 0 Å². The number of halogens is 1. The van der Waals surface area contributed by atoms with Crippen LogP contribution in [0.1, 0.15) is 6.92 Å². The van der Waals surface area contributed by atoms with Crippen molar-refractivity contribution in [2.24, 2.45) is 0 Å². The van der Waals surface area contributed by atoms with E-state index in [0.717, 1.165) is 5.33 Å². The number of hydrogen-bond donors (Lipinski definition) is 0. The van der Waals surface area contributed by atoms with E-state index in [2.05, 4.69) is 29.8 Å². The first-order chi connectivity index (χ1) is 2.41. The van der Waals surface area contributed by atoms with Crippen LogP contribution >= 0.6 is 15.9 Å². The van der Waals surface area contributed by atoms with Crippen LogP contribution in [0.25, 0.3) is 0 Å². The van der Waals surface area contributed by atoms with Gasteiger partial charge in [-0.05, 0) is 0 Å². The van der Waals surface area contributed by atoms with Crippen LogP contribution in [-0.4, -0.2) is 5.33 Å². The maximum absolute atomic E-state index is 3.40. The van der Waals surface area contributed by atoms with Crippen LogP contribution in [-0.2, 0) is 21.1 Å². The van der Waals surface area contributed by atoms with Crippen LogP contribution in [0.5, 0.6) is 0 Å². The number of hydrogen-bond acceptors (Lipinski definition) is 0. The molecule has 0 atom stereocenters. The molecule has 0 amide bonds. The van der Waals surface area contributed by atoms with Crippen LogP contribution in [0.15, 0.2) is 0 Å². The molecule has 0 aliphatic rings. The molecule has 0 nitrogen and oxygen atoms in total. The molecule has 0 fully saturated rings. The molecule has 0 unspecified atom stereocenters. The largest absolute Gasteiger partial charge is 2.00 e. The van der Waals surface area contributed by atoms with Crippen molar-refractivity contribution < 1.29 is 21.1 Å². The first kappa shape index (κ1) is 15.7. The van der Waals surface area contributed by atoms with Gasteiger partial charge in [-0.2, -0.15) is 6.92 Å². The van der Waals surface area contributed by atoms with E-state index in [-0.39, 0.29) is 21.1 Å². The van der Waals surface area contributed by atoms with E-state index >= 15 is 0 Å². The third-order valence-electron chi connectivity index (χ3n) is 0. The predicted molar refractivity (Wildman–Crippen MR) is 30.2 cm³/mol. The average Bonchev–Trinajstić information content (AvgIpc) is 1.46. The molecule has 2 heteroatoms. The minimum absolute atomic E-state index is 0. The Hall–Kier alpha value is 1.17. The molecule has 0 aromatic rings. The van der Waals surface area contributed by atoms with Crippen molar-refractivity contribution in [1.82, 2.24) is 0 Å². The monoisotopic (exact) mass is 320 g/mol. The average molecular weight is 321 g/mol. The van der Waals surface area contributed by atoms with Gasteiger partial charge in [0, 0.05) is 0 Å². The second-order valence-corrected chi connectivity index (χ2v) is 0.982. The number of alkyl halides is 1. The summed E-state index contributed by atoms with van der Waals surface area (Å²) in [4.78, 5) is 0. The Bertz CT molecular complexity index is 7.51. The molecule has 0 saturated carbocycles. The summed E-state index contributed by atoms with van der Waals surface area (Å²) in [6.45, 7) is 8.40. The van der Waals surface area contributed by atoms with Crippen LogP contribution in [0.2, 0.25) is 0 Å². The van der Waals surface area contributed by atoms with Gasteiger partial charge in [-0.1, -0.05) is 0 Å². The van der Waals surface area contributed by atoms with Crippen LogP contribution < -0.4 is 0 Å². The summed E-state index contributed by atoms with van der Waals surface area (Å²) < 4.78 is 0. The second-order valence-electron chi connectivity index (χ2n) is 0.189. The molecule has 0 spiro atoms. The Labute approximate surface area is 63.1 Å². The van der Waals surface area contributed by atoms with Gasteiger partial charge in [0.25, 0.3) is 0 Å². The summed E-state index contributed by atoms with van der Waals surface area (Å²) in [7, 11) is 0. The molecule has 0 N–H and O–H groups in total. The standard InChI is InChI=1S/C2H4Br.C2H5.W/c1-2-3;1-2;/h1-2H2;1H2,2H3;/q2*-1;+2. The molecule has 0 aromatic carbocycles. The molecule has 0 rings (SSSR count). The molecule has 0 aliphatic carbocycles. The van der Waals surface area contributed by atoms with E-state index in [1.54, 1.807) is 6.92 Å². The van der Waals surface area contributed by atoms with E-state index in [4.69, 9.17) is 0 Å². The van der Waals surface area contributed by atoms with Gasteiger partial charge in [-0.3, -0.25) is 0 Å². The Morgan fingerprint density at radius 3 is 1.50 bits per heavy atom. The van der Waals surface area contributed by atoms with E-state index in [9.17, 15) is 0 Å². The van der Waals surface area contributed by atoms with Crippen molar-refractivity contribution in [3.8, 4) is 0 Å². The fourth-order valence-corrected chi connectivity index (χ4v) is 0. The minimum atomic E-state index is 0. The summed E-state index contributed by atoms with van der Waals surface area (Å²) in [5.41, 5.74) is 0. The SMILES string of the molecule is [CH2-]C.[CH2-]CBr.[W+2]. The summed E-state index contributed by atoms with van der Waals surface area (Å²) >= 11 is 3.03. The smallest absolute Gasteiger partial charge is 0.346 e. The van der Waals surface area contributed by atoms with E-state index in [0.29, 0.717) is 0 Å². The summed E-state index contributed by atoms with van der Waals surface area (Å²) in [5.74, 6) is 0. The molecule has 38 valence electrons. The van der Waals surface area contributed by atoms with Crippen molar-refractivity contribution in [2.75, 3.05) is 5.33 Å². The van der Waals surface area contributed by atoms with Crippen molar-refractivity contribution in [3.05, 3.63) is 13.8 Å². The molecule has 0 saturated heterocycles. The maximum atomic E-state index is 3.40. The Kier molecular flexibility index (Phi) is 91.7. The maximum Gasteiger partial charge on any atom is 2.00 e. The van der Waals surface area contributed by atoms with Crippen molar-refractivity contribution in [2.45, 2.75) is 6.92 Å². The minimum Gasteiger partial charge on any atom is -0.346 e. The van der Waals surface area contributed by atoms with Gasteiger partial charge in [-0.15, -0.1) is 21.3 Å². The molecule has 0 aliphatic heterocycles. The first-order valence-electron chi connectivity index (χ1n) is 1.47. The molecule has 0 radical (unpaired) electrons. The summed E-state index contributed by atoms with van der Waals surface area (Å²) in [6, 6.07) is 0. The Morgan fingerprint density at radius 1 is 1.50 bits per heavy atom. The van der Waals surface area contributed by atoms with Crippen LogP contribution in [0, 0.1) is 13.8 Å². The zero-order valence-corrected chi connectivity index (χ0v) is 8.43. The van der Waals surface area contributed by atoms with Gasteiger partial charge in [0.1, 0.15) is 0 Å². The molecular formula is C4H9BrW. The molecule has 0 heterocycles. The van der Waals surface area contributed by atoms with Crippen LogP contribution in [0.4, 0.5) is 0 Å². The molecule has 6 heavy (non-hydrogen) atoms. The molecule has 0 aromatic heterocycles. The quantitative estimate of drug-likeness (QED) is 0.473. The van der Waals surface area contributed by atoms with Gasteiger partial charge < -0.3 is 13.8 Å². The van der Waals surface area contributed by atoms with Crippen molar-refractivity contribution in [1.29, 1.82) is 0 Å². The zero-order chi connectivity index (χ0) is 4.71. The van der Waals surface area contributed by atoms with Gasteiger partial charge >= 0.3 is 21.1 Å². The van der Waals surface area contributed by atoms with E-state index < -0.39 is 0 Å². The first-order valence-corrected chi connectivity index (χ1v) is 2.60. The fraction of sp³-hybridized carbons (Fsp3) is 0.500. The van der Waals surface area contributed by atoms with E-state index in [1.807, 2.05) is 0 Å². The van der Waals surface area contributed by atoms with Gasteiger partial charge in [0.05, 0.1) is 0 Å².